The van der Waals surface area contributed by atoms with Gasteiger partial charge in [0.1, 0.15) is 11.9 Å². The lowest BCUT2D eigenvalue weighted by molar-refractivity contribution is -0.120. The number of anilines is 1. The van der Waals surface area contributed by atoms with Gasteiger partial charge in [-0.05, 0) is 75.3 Å². The molecule has 5 N–H and O–H groups in total. The first kappa shape index (κ1) is 36.1. The number of amides is 3. The van der Waals surface area contributed by atoms with Crippen LogP contribution in [0.1, 0.15) is 50.2 Å². The quantitative estimate of drug-likeness (QED) is 0.232. The van der Waals surface area contributed by atoms with E-state index in [9.17, 15) is 23.5 Å². The number of nitrogens with one attached hydrogen (secondary N) is 3. The number of carbonyl (C=O) groups excluding carboxylic acids is 3. The van der Waals surface area contributed by atoms with Crippen LogP contribution in [0.4, 0.5) is 19.7 Å². The van der Waals surface area contributed by atoms with Crippen LogP contribution in [0, 0.1) is 5.82 Å². The molecule has 3 saturated heterocycles. The first-order chi connectivity index (χ1) is 23.0. The van der Waals surface area contributed by atoms with Gasteiger partial charge in [-0.2, -0.15) is 0 Å². The maximum absolute atomic E-state index is 15.5. The van der Waals surface area contributed by atoms with Gasteiger partial charge in [-0.15, -0.1) is 10.8 Å². The van der Waals surface area contributed by atoms with Gasteiger partial charge in [0.15, 0.2) is 0 Å². The highest BCUT2D eigenvalue weighted by Crippen LogP contribution is 2.49. The molecule has 2 aromatic carbocycles. The van der Waals surface area contributed by atoms with E-state index in [-0.39, 0.29) is 49.5 Å². The summed E-state index contributed by atoms with van der Waals surface area (Å²) < 4.78 is 49.1. The number of nitrogens with zero attached hydrogens (tertiary/aromatic N) is 2. The molecule has 0 aromatic heterocycles. The van der Waals surface area contributed by atoms with E-state index in [0.29, 0.717) is 49.5 Å². The van der Waals surface area contributed by atoms with Crippen molar-refractivity contribution < 1.29 is 37.4 Å². The van der Waals surface area contributed by atoms with E-state index >= 15 is 4.39 Å². The lowest BCUT2D eigenvalue weighted by Gasteiger charge is -2.49. The van der Waals surface area contributed by atoms with Crippen molar-refractivity contribution in [1.29, 1.82) is 0 Å². The molecule has 15 heteroatoms. The Morgan fingerprint density at radius 3 is 2.58 bits per heavy atom. The fraction of sp³-hybridized carbons (Fsp3) is 0.545. The summed E-state index contributed by atoms with van der Waals surface area (Å²) in [5, 5.41) is 9.61. The average molecular weight is 710 g/mol. The standard InChI is InChI=1S/C33H45ClFN5O7S/c1-3-47-32(43)39-17-15-33(16-18-39,22-9-11-23(34)12-10-22)29(38-31(42)46-2)30(41)37-28-8-4-7-27(35)26(28)14-13-25-20-36-24-6-5-19-48(44,45)40(25)21-24/h4,7-12,24-25,29,36,44-45H,3,5-6,13-21H2,1-2H3,(H,37,41)(H,38,42). The highest BCUT2D eigenvalue weighted by molar-refractivity contribution is 8.22. The van der Waals surface area contributed by atoms with E-state index in [1.54, 1.807) is 46.5 Å². The summed E-state index contributed by atoms with van der Waals surface area (Å²) in [6, 6.07) is 10.2. The van der Waals surface area contributed by atoms with Crippen molar-refractivity contribution in [2.24, 2.45) is 0 Å². The molecule has 2 aromatic rings. The molecule has 0 saturated carbocycles. The molecule has 0 aliphatic carbocycles. The van der Waals surface area contributed by atoms with Crippen LogP contribution in [-0.4, -0.2) is 100 Å². The Balaban J connectivity index is 1.42. The van der Waals surface area contributed by atoms with Crippen LogP contribution < -0.4 is 16.0 Å². The number of hydrogen-bond acceptors (Lipinski definition) is 9. The second kappa shape index (κ2) is 15.6. The molecular weight excluding hydrogens is 665 g/mol. The zero-order valence-electron chi connectivity index (χ0n) is 27.3. The van der Waals surface area contributed by atoms with E-state index in [2.05, 4.69) is 16.0 Å². The predicted molar refractivity (Wildman–Crippen MR) is 183 cm³/mol. The molecular formula is C33H45ClFN5O7S. The number of piperidine rings is 1. The van der Waals surface area contributed by atoms with Gasteiger partial charge in [0, 0.05) is 60.0 Å². The number of rotatable bonds is 9. The minimum Gasteiger partial charge on any atom is -0.453 e. The molecule has 5 rings (SSSR count). The minimum absolute atomic E-state index is 0.176. The molecule has 0 radical (unpaired) electrons. The predicted octanol–water partition coefficient (Wildman–Crippen LogP) is 5.37. The topological polar surface area (TPSA) is 153 Å². The monoisotopic (exact) mass is 709 g/mol. The van der Waals surface area contributed by atoms with Crippen LogP contribution >= 0.6 is 22.4 Å². The number of fused-ring (bicyclic) bond motifs is 2. The molecule has 264 valence electrons. The second-order valence-electron chi connectivity index (χ2n) is 12.5. The normalized spacial score (nSPS) is 24.4. The number of likely N-dealkylation sites (tertiary alicyclic amines) is 1. The number of piperazine rings is 1. The van der Waals surface area contributed by atoms with Gasteiger partial charge in [-0.3, -0.25) is 13.9 Å². The zero-order valence-corrected chi connectivity index (χ0v) is 28.8. The molecule has 0 spiro atoms. The summed E-state index contributed by atoms with van der Waals surface area (Å²) in [7, 11) is -1.73. The van der Waals surface area contributed by atoms with Crippen LogP contribution in [0.3, 0.4) is 0 Å². The van der Waals surface area contributed by atoms with Crippen molar-refractivity contribution in [2.75, 3.05) is 51.0 Å². The first-order valence-corrected chi connectivity index (χ1v) is 18.4. The van der Waals surface area contributed by atoms with Gasteiger partial charge in [-0.25, -0.2) is 18.3 Å². The highest BCUT2D eigenvalue weighted by Gasteiger charge is 2.48. The van der Waals surface area contributed by atoms with Gasteiger partial charge < -0.3 is 30.3 Å². The molecule has 3 heterocycles. The second-order valence-corrected chi connectivity index (χ2v) is 15.1. The van der Waals surface area contributed by atoms with E-state index in [1.165, 1.54) is 19.2 Å². The lowest BCUT2D eigenvalue weighted by Crippen LogP contribution is -2.60. The molecule has 4 unspecified atom stereocenters. The van der Waals surface area contributed by atoms with Crippen molar-refractivity contribution >= 4 is 46.2 Å². The van der Waals surface area contributed by atoms with Crippen LogP contribution in [-0.2, 0) is 26.1 Å². The average Bonchev–Trinajstić information content (AvgIpc) is 3.19. The summed E-state index contributed by atoms with van der Waals surface area (Å²) in [5.74, 6) is -0.787. The van der Waals surface area contributed by atoms with Crippen molar-refractivity contribution in [3.05, 3.63) is 64.4 Å². The molecule has 3 aliphatic rings. The molecule has 3 fully saturated rings. The van der Waals surface area contributed by atoms with E-state index in [4.69, 9.17) is 21.1 Å². The van der Waals surface area contributed by atoms with Gasteiger partial charge in [0.05, 0.1) is 19.5 Å². The zero-order chi connectivity index (χ0) is 34.5. The van der Waals surface area contributed by atoms with Crippen LogP contribution in [0.25, 0.3) is 0 Å². The van der Waals surface area contributed by atoms with Crippen LogP contribution in [0.5, 0.6) is 0 Å². The van der Waals surface area contributed by atoms with Gasteiger partial charge >= 0.3 is 12.2 Å². The molecule has 3 aliphatic heterocycles. The number of hydrogen-bond donors (Lipinski definition) is 5. The summed E-state index contributed by atoms with van der Waals surface area (Å²) in [6.07, 6.45) is 1.52. The molecule has 3 amide bonds. The third-order valence-corrected chi connectivity index (χ3v) is 12.1. The molecule has 12 nitrogen and oxygen atoms in total. The summed E-state index contributed by atoms with van der Waals surface area (Å²) >= 11 is 6.21. The Labute approximate surface area is 287 Å². The third-order valence-electron chi connectivity index (χ3n) is 9.76. The van der Waals surface area contributed by atoms with Crippen molar-refractivity contribution in [3.63, 3.8) is 0 Å². The summed E-state index contributed by atoms with van der Waals surface area (Å²) in [5.41, 5.74) is 0.251. The SMILES string of the molecule is CCOC(=O)N1CCC(c2ccc(Cl)cc2)(C(NC(=O)OC)C(=O)Nc2cccc(F)c2CCC2CNC3CCCS(O)(O)N2C3)CC1. The van der Waals surface area contributed by atoms with Gasteiger partial charge in [0.25, 0.3) is 0 Å². The van der Waals surface area contributed by atoms with Gasteiger partial charge in [-0.1, -0.05) is 29.8 Å². The number of ether oxygens (including phenoxy) is 2. The van der Waals surface area contributed by atoms with Crippen molar-refractivity contribution in [3.8, 4) is 0 Å². The Bertz CT molecular complexity index is 1460. The number of benzene rings is 2. The molecule has 4 atom stereocenters. The Morgan fingerprint density at radius 2 is 1.90 bits per heavy atom. The first-order valence-electron chi connectivity index (χ1n) is 16.3. The van der Waals surface area contributed by atoms with E-state index < -0.39 is 46.1 Å². The third kappa shape index (κ3) is 8.01. The maximum atomic E-state index is 15.5. The summed E-state index contributed by atoms with van der Waals surface area (Å²) in [6.45, 7) is 3.51. The molecule has 2 bridgehead atoms. The fourth-order valence-corrected chi connectivity index (χ4v) is 9.17. The Hall–Kier alpha value is -3.14. The molecule has 48 heavy (non-hydrogen) atoms. The summed E-state index contributed by atoms with van der Waals surface area (Å²) in [4.78, 5) is 41.2. The Morgan fingerprint density at radius 1 is 1.17 bits per heavy atom. The van der Waals surface area contributed by atoms with Gasteiger partial charge in [0.2, 0.25) is 5.91 Å². The number of carbonyl (C=O) groups is 3. The fourth-order valence-electron chi connectivity index (χ4n) is 7.18. The van der Waals surface area contributed by atoms with E-state index in [0.717, 1.165) is 12.0 Å². The van der Waals surface area contributed by atoms with Crippen LogP contribution in [0.2, 0.25) is 5.02 Å². The van der Waals surface area contributed by atoms with Crippen molar-refractivity contribution in [1.82, 2.24) is 19.8 Å². The van der Waals surface area contributed by atoms with Crippen LogP contribution in [0.15, 0.2) is 42.5 Å². The van der Waals surface area contributed by atoms with E-state index in [1.807, 2.05) is 0 Å². The number of alkyl carbamates (subject to hydrolysis) is 1. The highest BCUT2D eigenvalue weighted by atomic mass is 35.5. The van der Waals surface area contributed by atoms with Crippen molar-refractivity contribution in [2.45, 2.75) is 69.0 Å². The Kier molecular flexibility index (Phi) is 11.8. The number of halogens is 2. The maximum Gasteiger partial charge on any atom is 0.409 e. The minimum atomic E-state index is -2.93. The number of methoxy groups -OCH3 is 1. The lowest BCUT2D eigenvalue weighted by atomic mass is 9.67. The largest absolute Gasteiger partial charge is 0.453 e. The smallest absolute Gasteiger partial charge is 0.409 e.